The van der Waals surface area contributed by atoms with Crippen LogP contribution in [0.25, 0.3) is 16.5 Å². The highest BCUT2D eigenvalue weighted by molar-refractivity contribution is 7.80. The molecule has 0 radical (unpaired) electrons. The molecule has 45 heavy (non-hydrogen) atoms. The van der Waals surface area contributed by atoms with Gasteiger partial charge in [-0.2, -0.15) is 0 Å². The van der Waals surface area contributed by atoms with E-state index in [9.17, 15) is 4.79 Å². The van der Waals surface area contributed by atoms with E-state index in [-0.39, 0.29) is 18.0 Å². The van der Waals surface area contributed by atoms with Gasteiger partial charge in [-0.05, 0) is 99.4 Å². The summed E-state index contributed by atoms with van der Waals surface area (Å²) in [6.07, 6.45) is 2.11. The highest BCUT2D eigenvalue weighted by Crippen LogP contribution is 2.41. The van der Waals surface area contributed by atoms with E-state index in [0.29, 0.717) is 18.1 Å². The van der Waals surface area contributed by atoms with Gasteiger partial charge in [-0.15, -0.1) is 0 Å². The molecule has 2 N–H and O–H groups in total. The Kier molecular flexibility index (Phi) is 8.85. The van der Waals surface area contributed by atoms with Crippen LogP contribution in [0.3, 0.4) is 0 Å². The zero-order chi connectivity index (χ0) is 31.5. The van der Waals surface area contributed by atoms with Gasteiger partial charge in [0.25, 0.3) is 0 Å². The maximum absolute atomic E-state index is 13.3. The second-order valence-corrected chi connectivity index (χ2v) is 11.9. The Balaban J connectivity index is 1.30. The molecular formula is C37H40N6OS. The quantitative estimate of drug-likeness (QED) is 0.159. The number of benzene rings is 3. The molecule has 2 aromatic heterocycles. The van der Waals surface area contributed by atoms with Crippen LogP contribution in [0.1, 0.15) is 55.0 Å². The molecule has 0 unspecified atom stereocenters. The molecule has 3 heterocycles. The van der Waals surface area contributed by atoms with Crippen molar-refractivity contribution in [2.45, 2.75) is 46.2 Å². The Labute approximate surface area is 270 Å². The first kappa shape index (κ1) is 30.3. The normalized spacial score (nSPS) is 16.2. The SMILES string of the molecule is CCN(CC)c1ccc(-n2c(C)cc([C@@H]3[C@H](c4ccccn4)NC(=S)N3CCC(=O)Nc3cccc4ccccc34)c2C)cc1. The number of amides is 1. The third-order valence-corrected chi connectivity index (χ3v) is 9.22. The molecule has 5 aromatic rings. The molecule has 2 atom stereocenters. The Bertz CT molecular complexity index is 1810. The first-order chi connectivity index (χ1) is 21.9. The lowest BCUT2D eigenvalue weighted by molar-refractivity contribution is -0.116. The predicted octanol–water partition coefficient (Wildman–Crippen LogP) is 7.49. The molecule has 7 nitrogen and oxygen atoms in total. The number of aromatic nitrogens is 2. The molecule has 1 aliphatic heterocycles. The fraction of sp³-hybridized carbons (Fsp3) is 0.270. The lowest BCUT2D eigenvalue weighted by Gasteiger charge is -2.28. The minimum absolute atomic E-state index is 0.0482. The number of nitrogens with one attached hydrogen (secondary N) is 2. The largest absolute Gasteiger partial charge is 0.372 e. The Morgan fingerprint density at radius 2 is 1.69 bits per heavy atom. The van der Waals surface area contributed by atoms with E-state index in [1.54, 1.807) is 0 Å². The third-order valence-electron chi connectivity index (χ3n) is 8.87. The van der Waals surface area contributed by atoms with E-state index in [2.05, 4.69) is 95.2 Å². The number of hydrogen-bond acceptors (Lipinski definition) is 4. The Hall–Kier alpha value is -4.69. The van der Waals surface area contributed by atoms with E-state index >= 15 is 0 Å². The van der Waals surface area contributed by atoms with Gasteiger partial charge in [-0.3, -0.25) is 9.78 Å². The standard InChI is InChI=1S/C37H40N6OS/c1-5-41(6-2)28-17-19-29(20-18-28)43-25(3)24-31(26(43)4)36-35(33-15-9-10-22-38-33)40-37(45)42(36)23-21-34(44)39-32-16-11-13-27-12-7-8-14-30(27)32/h7-20,22,24,35-36H,5-6,21,23H2,1-4H3,(H,39,44)(H,40,45)/t35-,36+/m0/s1. The number of fused-ring (bicyclic) bond motifs is 1. The zero-order valence-electron chi connectivity index (χ0n) is 26.3. The summed E-state index contributed by atoms with van der Waals surface area (Å²) in [5.41, 5.74) is 7.53. The molecule has 1 fully saturated rings. The summed E-state index contributed by atoms with van der Waals surface area (Å²) < 4.78 is 2.31. The fourth-order valence-electron chi connectivity index (χ4n) is 6.64. The number of thiocarbonyl (C=S) groups is 1. The van der Waals surface area contributed by atoms with Crippen molar-refractivity contribution in [3.05, 3.63) is 120 Å². The second kappa shape index (κ2) is 13.1. The number of hydrogen-bond donors (Lipinski definition) is 2. The maximum atomic E-state index is 13.3. The van der Waals surface area contributed by atoms with Crippen molar-refractivity contribution in [1.29, 1.82) is 0 Å². The van der Waals surface area contributed by atoms with E-state index in [4.69, 9.17) is 17.2 Å². The number of pyridine rings is 1. The van der Waals surface area contributed by atoms with Crippen LogP contribution in [0, 0.1) is 13.8 Å². The molecule has 8 heteroatoms. The third kappa shape index (κ3) is 6.02. The molecule has 0 saturated carbocycles. The molecular weight excluding hydrogens is 577 g/mol. The van der Waals surface area contributed by atoms with E-state index in [1.807, 2.05) is 54.7 Å². The van der Waals surface area contributed by atoms with Crippen molar-refractivity contribution >= 4 is 45.4 Å². The van der Waals surface area contributed by atoms with Crippen LogP contribution in [-0.2, 0) is 4.79 Å². The van der Waals surface area contributed by atoms with Crippen molar-refractivity contribution < 1.29 is 4.79 Å². The number of aryl methyl sites for hydroxylation is 1. The number of nitrogens with zero attached hydrogens (tertiary/aromatic N) is 4. The zero-order valence-corrected chi connectivity index (χ0v) is 27.1. The maximum Gasteiger partial charge on any atom is 0.226 e. The first-order valence-corrected chi connectivity index (χ1v) is 16.1. The molecule has 0 aliphatic carbocycles. The molecule has 3 aromatic carbocycles. The number of carbonyl (C=O) groups excluding carboxylic acids is 1. The summed E-state index contributed by atoms with van der Waals surface area (Å²) >= 11 is 5.92. The monoisotopic (exact) mass is 616 g/mol. The second-order valence-electron chi connectivity index (χ2n) is 11.5. The van der Waals surface area contributed by atoms with Crippen molar-refractivity contribution in [2.75, 3.05) is 29.9 Å². The molecule has 1 amide bonds. The Morgan fingerprint density at radius 1 is 0.956 bits per heavy atom. The number of anilines is 2. The summed E-state index contributed by atoms with van der Waals surface area (Å²) in [7, 11) is 0. The first-order valence-electron chi connectivity index (χ1n) is 15.7. The van der Waals surface area contributed by atoms with Gasteiger partial charge in [0.2, 0.25) is 5.91 Å². The molecule has 1 saturated heterocycles. The van der Waals surface area contributed by atoms with Crippen LogP contribution < -0.4 is 15.5 Å². The van der Waals surface area contributed by atoms with Gasteiger partial charge in [0.15, 0.2) is 5.11 Å². The Morgan fingerprint density at radius 3 is 2.42 bits per heavy atom. The molecule has 230 valence electrons. The van der Waals surface area contributed by atoms with E-state index in [1.165, 1.54) is 5.69 Å². The van der Waals surface area contributed by atoms with Gasteiger partial charge in [0.1, 0.15) is 0 Å². The average Bonchev–Trinajstić information content (AvgIpc) is 3.55. The summed E-state index contributed by atoms with van der Waals surface area (Å²) in [6.45, 7) is 11.1. The van der Waals surface area contributed by atoms with Gasteiger partial charge >= 0.3 is 0 Å². The lowest BCUT2D eigenvalue weighted by atomic mass is 9.96. The smallest absolute Gasteiger partial charge is 0.226 e. The van der Waals surface area contributed by atoms with Gasteiger partial charge < -0.3 is 25.0 Å². The van der Waals surface area contributed by atoms with Crippen LogP contribution in [-0.4, -0.2) is 45.1 Å². The summed E-state index contributed by atoms with van der Waals surface area (Å²) in [5.74, 6) is -0.0482. The van der Waals surface area contributed by atoms with Crippen LogP contribution >= 0.6 is 12.2 Å². The minimum Gasteiger partial charge on any atom is -0.372 e. The van der Waals surface area contributed by atoms with Gasteiger partial charge in [-0.25, -0.2) is 0 Å². The average molecular weight is 617 g/mol. The predicted molar refractivity (Wildman–Crippen MR) is 188 cm³/mol. The highest BCUT2D eigenvalue weighted by atomic mass is 32.1. The van der Waals surface area contributed by atoms with Crippen LogP contribution in [0.2, 0.25) is 0 Å². The van der Waals surface area contributed by atoms with E-state index < -0.39 is 0 Å². The summed E-state index contributed by atoms with van der Waals surface area (Å²) in [5, 5.41) is 9.43. The molecule has 0 bridgehead atoms. The lowest BCUT2D eigenvalue weighted by Crippen LogP contribution is -2.33. The molecule has 0 spiro atoms. The van der Waals surface area contributed by atoms with Crippen molar-refractivity contribution in [3.63, 3.8) is 0 Å². The summed E-state index contributed by atoms with van der Waals surface area (Å²) in [4.78, 5) is 22.5. The van der Waals surface area contributed by atoms with Gasteiger partial charge in [0.05, 0.1) is 17.8 Å². The fourth-order valence-corrected chi connectivity index (χ4v) is 6.97. The van der Waals surface area contributed by atoms with Crippen molar-refractivity contribution in [1.82, 2.24) is 19.8 Å². The van der Waals surface area contributed by atoms with Gasteiger partial charge in [0, 0.05) is 66.1 Å². The molecule has 6 rings (SSSR count). The minimum atomic E-state index is -0.154. The van der Waals surface area contributed by atoms with Crippen LogP contribution in [0.4, 0.5) is 11.4 Å². The summed E-state index contributed by atoms with van der Waals surface area (Å²) in [6, 6.07) is 30.8. The van der Waals surface area contributed by atoms with Gasteiger partial charge in [-0.1, -0.05) is 42.5 Å². The topological polar surface area (TPSA) is 65.4 Å². The van der Waals surface area contributed by atoms with Crippen LogP contribution in [0.5, 0.6) is 0 Å². The van der Waals surface area contributed by atoms with E-state index in [0.717, 1.165) is 57.9 Å². The van der Waals surface area contributed by atoms with Crippen molar-refractivity contribution in [2.24, 2.45) is 0 Å². The van der Waals surface area contributed by atoms with Crippen LogP contribution in [0.15, 0.2) is 97.2 Å². The van der Waals surface area contributed by atoms with Crippen molar-refractivity contribution in [3.8, 4) is 5.69 Å². The molecule has 1 aliphatic rings. The highest BCUT2D eigenvalue weighted by Gasteiger charge is 2.41. The number of rotatable bonds is 10. The number of carbonyl (C=O) groups is 1.